The van der Waals surface area contributed by atoms with Crippen LogP contribution in [0.3, 0.4) is 0 Å². The van der Waals surface area contributed by atoms with Gasteiger partial charge in [-0.3, -0.25) is 4.68 Å². The molecule has 0 atom stereocenters. The lowest BCUT2D eigenvalue weighted by Gasteiger charge is -2.28. The Bertz CT molecular complexity index is 790. The molecular formula is C21H32N6S. The maximum Gasteiger partial charge on any atom is 0.191 e. The van der Waals surface area contributed by atoms with Crippen molar-refractivity contribution in [2.75, 3.05) is 36.0 Å². The SMILES string of the molecule is CCNC(=NCc1ccc(N2CCSCC2)cc1)NCc1c(C)nn(C)c1C. The average Bonchev–Trinajstić information content (AvgIpc) is 2.96. The van der Waals surface area contributed by atoms with Gasteiger partial charge < -0.3 is 15.5 Å². The van der Waals surface area contributed by atoms with E-state index in [-0.39, 0.29) is 0 Å². The highest BCUT2D eigenvalue weighted by molar-refractivity contribution is 7.99. The average molecular weight is 401 g/mol. The smallest absolute Gasteiger partial charge is 0.191 e. The van der Waals surface area contributed by atoms with Crippen molar-refractivity contribution in [2.45, 2.75) is 33.9 Å². The summed E-state index contributed by atoms with van der Waals surface area (Å²) >= 11 is 2.04. The van der Waals surface area contributed by atoms with E-state index in [0.29, 0.717) is 6.54 Å². The molecule has 2 heterocycles. The van der Waals surface area contributed by atoms with Gasteiger partial charge in [0.15, 0.2) is 5.96 Å². The number of aryl methyl sites for hydroxylation is 2. The quantitative estimate of drug-likeness (QED) is 0.577. The van der Waals surface area contributed by atoms with Gasteiger partial charge in [-0.1, -0.05) is 12.1 Å². The molecule has 3 rings (SSSR count). The molecule has 0 aliphatic carbocycles. The molecular weight excluding hydrogens is 368 g/mol. The predicted molar refractivity (Wildman–Crippen MR) is 120 cm³/mol. The van der Waals surface area contributed by atoms with E-state index in [1.54, 1.807) is 0 Å². The zero-order chi connectivity index (χ0) is 19.9. The highest BCUT2D eigenvalue weighted by atomic mass is 32.2. The molecule has 1 fully saturated rings. The van der Waals surface area contributed by atoms with Gasteiger partial charge >= 0.3 is 0 Å². The van der Waals surface area contributed by atoms with Gasteiger partial charge in [0.25, 0.3) is 0 Å². The van der Waals surface area contributed by atoms with Crippen molar-refractivity contribution in [3.8, 4) is 0 Å². The second kappa shape index (κ2) is 9.87. The molecule has 0 bridgehead atoms. The number of anilines is 1. The van der Waals surface area contributed by atoms with E-state index in [0.717, 1.165) is 37.8 Å². The van der Waals surface area contributed by atoms with Crippen molar-refractivity contribution in [2.24, 2.45) is 12.0 Å². The minimum atomic E-state index is 0.663. The second-order valence-corrected chi connectivity index (χ2v) is 8.31. The van der Waals surface area contributed by atoms with Crippen LogP contribution in [0.25, 0.3) is 0 Å². The first-order valence-electron chi connectivity index (χ1n) is 10.0. The van der Waals surface area contributed by atoms with Crippen molar-refractivity contribution in [1.82, 2.24) is 20.4 Å². The maximum absolute atomic E-state index is 4.76. The largest absolute Gasteiger partial charge is 0.370 e. The zero-order valence-electron chi connectivity index (χ0n) is 17.5. The third-order valence-electron chi connectivity index (χ3n) is 5.17. The van der Waals surface area contributed by atoms with Gasteiger partial charge in [0, 0.05) is 61.7 Å². The molecule has 1 aliphatic heterocycles. The molecule has 1 aromatic carbocycles. The Labute approximate surface area is 172 Å². The summed E-state index contributed by atoms with van der Waals surface area (Å²) in [5.41, 5.74) is 6.03. The van der Waals surface area contributed by atoms with Crippen LogP contribution in [0.15, 0.2) is 29.3 Å². The van der Waals surface area contributed by atoms with Crippen LogP contribution in [0.5, 0.6) is 0 Å². The van der Waals surface area contributed by atoms with E-state index < -0.39 is 0 Å². The van der Waals surface area contributed by atoms with Crippen LogP contribution >= 0.6 is 11.8 Å². The Hall–Kier alpha value is -2.15. The maximum atomic E-state index is 4.76. The van der Waals surface area contributed by atoms with Crippen molar-refractivity contribution in [1.29, 1.82) is 0 Å². The van der Waals surface area contributed by atoms with Crippen LogP contribution in [0.1, 0.15) is 29.4 Å². The molecule has 0 unspecified atom stereocenters. The van der Waals surface area contributed by atoms with Crippen LogP contribution in [-0.2, 0) is 20.1 Å². The molecule has 0 radical (unpaired) electrons. The van der Waals surface area contributed by atoms with E-state index in [1.807, 2.05) is 23.5 Å². The van der Waals surface area contributed by atoms with Gasteiger partial charge in [0.05, 0.1) is 12.2 Å². The van der Waals surface area contributed by atoms with Crippen LogP contribution in [0.4, 0.5) is 5.69 Å². The second-order valence-electron chi connectivity index (χ2n) is 7.09. The molecule has 152 valence electrons. The molecule has 1 aliphatic rings. The Morgan fingerprint density at radius 3 is 2.46 bits per heavy atom. The minimum Gasteiger partial charge on any atom is -0.370 e. The number of hydrogen-bond donors (Lipinski definition) is 2. The number of benzene rings is 1. The zero-order valence-corrected chi connectivity index (χ0v) is 18.3. The molecule has 0 spiro atoms. The first kappa shape index (κ1) is 20.6. The minimum absolute atomic E-state index is 0.663. The molecule has 1 saturated heterocycles. The van der Waals surface area contributed by atoms with E-state index in [1.165, 1.54) is 34.0 Å². The Balaban J connectivity index is 1.60. The summed E-state index contributed by atoms with van der Waals surface area (Å²) < 4.78 is 1.93. The molecule has 1 aromatic heterocycles. The van der Waals surface area contributed by atoms with Crippen LogP contribution in [-0.4, -0.2) is 46.9 Å². The number of hydrogen-bond acceptors (Lipinski definition) is 4. The molecule has 28 heavy (non-hydrogen) atoms. The van der Waals surface area contributed by atoms with Crippen molar-refractivity contribution < 1.29 is 0 Å². The summed E-state index contributed by atoms with van der Waals surface area (Å²) in [6.45, 7) is 10.7. The highest BCUT2D eigenvalue weighted by Gasteiger charge is 2.11. The third kappa shape index (κ3) is 5.22. The summed E-state index contributed by atoms with van der Waals surface area (Å²) in [5, 5.41) is 11.3. The molecule has 6 nitrogen and oxygen atoms in total. The first-order valence-corrected chi connectivity index (χ1v) is 11.2. The lowest BCUT2D eigenvalue weighted by Crippen LogP contribution is -2.37. The van der Waals surface area contributed by atoms with E-state index >= 15 is 0 Å². The molecule has 7 heteroatoms. The first-order chi connectivity index (χ1) is 13.6. The monoisotopic (exact) mass is 400 g/mol. The van der Waals surface area contributed by atoms with Gasteiger partial charge in [-0.15, -0.1) is 0 Å². The van der Waals surface area contributed by atoms with Crippen LogP contribution in [0.2, 0.25) is 0 Å². The summed E-state index contributed by atoms with van der Waals surface area (Å²) in [5.74, 6) is 3.28. The lowest BCUT2D eigenvalue weighted by atomic mass is 10.2. The standard InChI is InChI=1S/C21H32N6S/c1-5-22-21(24-15-20-16(2)25-26(4)17(20)3)23-14-18-6-8-19(9-7-18)27-10-12-28-13-11-27/h6-9H,5,10-15H2,1-4H3,(H2,22,23,24). The summed E-state index contributed by atoms with van der Waals surface area (Å²) in [6.07, 6.45) is 0. The number of aliphatic imine (C=N–C) groups is 1. The van der Waals surface area contributed by atoms with Crippen molar-refractivity contribution >= 4 is 23.4 Å². The Kier molecular flexibility index (Phi) is 7.25. The van der Waals surface area contributed by atoms with Crippen molar-refractivity contribution in [3.05, 3.63) is 46.8 Å². The number of aromatic nitrogens is 2. The Morgan fingerprint density at radius 2 is 1.86 bits per heavy atom. The number of nitrogens with zero attached hydrogens (tertiary/aromatic N) is 4. The van der Waals surface area contributed by atoms with E-state index in [2.05, 4.69) is 65.7 Å². The lowest BCUT2D eigenvalue weighted by molar-refractivity contribution is 0.728. The summed E-state index contributed by atoms with van der Waals surface area (Å²) in [4.78, 5) is 7.22. The Morgan fingerprint density at radius 1 is 1.14 bits per heavy atom. The molecule has 0 saturated carbocycles. The topological polar surface area (TPSA) is 57.5 Å². The fourth-order valence-corrected chi connectivity index (χ4v) is 4.29. The fraction of sp³-hybridized carbons (Fsp3) is 0.524. The van der Waals surface area contributed by atoms with E-state index in [4.69, 9.17) is 4.99 Å². The van der Waals surface area contributed by atoms with Crippen molar-refractivity contribution in [3.63, 3.8) is 0 Å². The fourth-order valence-electron chi connectivity index (χ4n) is 3.39. The molecule has 2 N–H and O–H groups in total. The highest BCUT2D eigenvalue weighted by Crippen LogP contribution is 2.20. The molecule has 2 aromatic rings. The number of thioether (sulfide) groups is 1. The summed E-state index contributed by atoms with van der Waals surface area (Å²) in [6, 6.07) is 8.84. The van der Waals surface area contributed by atoms with Gasteiger partial charge in [0.1, 0.15) is 0 Å². The van der Waals surface area contributed by atoms with Gasteiger partial charge in [-0.2, -0.15) is 16.9 Å². The van der Waals surface area contributed by atoms with Gasteiger partial charge in [0.2, 0.25) is 0 Å². The third-order valence-corrected chi connectivity index (χ3v) is 6.11. The number of rotatable bonds is 6. The van der Waals surface area contributed by atoms with Crippen LogP contribution < -0.4 is 15.5 Å². The van der Waals surface area contributed by atoms with Gasteiger partial charge in [-0.25, -0.2) is 4.99 Å². The predicted octanol–water partition coefficient (Wildman–Crippen LogP) is 2.85. The normalized spacial score (nSPS) is 15.0. The number of nitrogens with one attached hydrogen (secondary N) is 2. The number of guanidine groups is 1. The van der Waals surface area contributed by atoms with Crippen LogP contribution in [0, 0.1) is 13.8 Å². The molecule has 0 amide bonds. The van der Waals surface area contributed by atoms with Gasteiger partial charge in [-0.05, 0) is 38.5 Å². The van der Waals surface area contributed by atoms with E-state index in [9.17, 15) is 0 Å². The summed E-state index contributed by atoms with van der Waals surface area (Å²) in [7, 11) is 1.98.